The van der Waals surface area contributed by atoms with Crippen LogP contribution in [0, 0.1) is 18.6 Å². The quantitative estimate of drug-likeness (QED) is 0.889. The minimum absolute atomic E-state index is 0.0143. The van der Waals surface area contributed by atoms with Gasteiger partial charge in [-0.1, -0.05) is 0 Å². The Morgan fingerprint density at radius 2 is 2.00 bits per heavy atom. The number of carbonyl (C=O) groups excluding carboxylic acids is 1. The molecule has 0 atom stereocenters. The van der Waals surface area contributed by atoms with Crippen LogP contribution >= 0.6 is 0 Å². The number of hydrogen-bond acceptors (Lipinski definition) is 3. The molecular weight excluding hydrogens is 296 g/mol. The number of rotatable bonds is 5. The molecule has 2 aromatic rings. The third kappa shape index (κ3) is 3.69. The van der Waals surface area contributed by atoms with Crippen molar-refractivity contribution in [3.05, 3.63) is 58.5 Å². The van der Waals surface area contributed by atoms with Crippen molar-refractivity contribution in [3.63, 3.8) is 0 Å². The number of carboxylic acids is 1. The Hall–Kier alpha value is -2.70. The zero-order valence-electron chi connectivity index (χ0n) is 11.7. The van der Waals surface area contributed by atoms with E-state index in [2.05, 4.69) is 5.32 Å². The Morgan fingerprint density at radius 1 is 1.27 bits per heavy atom. The Bertz CT molecular complexity index is 724. The number of furan rings is 1. The van der Waals surface area contributed by atoms with Crippen molar-refractivity contribution in [3.8, 4) is 0 Å². The highest BCUT2D eigenvalue weighted by molar-refractivity contribution is 5.88. The van der Waals surface area contributed by atoms with E-state index in [1.54, 1.807) is 0 Å². The monoisotopic (exact) mass is 309 g/mol. The van der Waals surface area contributed by atoms with Crippen LogP contribution in [0.4, 0.5) is 8.78 Å². The number of halogens is 2. The fourth-order valence-corrected chi connectivity index (χ4v) is 1.94. The summed E-state index contributed by atoms with van der Waals surface area (Å²) in [7, 11) is 0. The summed E-state index contributed by atoms with van der Waals surface area (Å²) in [4.78, 5) is 22.6. The van der Waals surface area contributed by atoms with Crippen molar-refractivity contribution < 1.29 is 27.9 Å². The van der Waals surface area contributed by atoms with Crippen LogP contribution in [0.1, 0.15) is 27.4 Å². The number of carbonyl (C=O) groups is 2. The molecule has 0 aliphatic carbocycles. The van der Waals surface area contributed by atoms with Gasteiger partial charge in [0, 0.05) is 5.56 Å². The van der Waals surface area contributed by atoms with Gasteiger partial charge in [0.05, 0.1) is 13.0 Å². The maximum Gasteiger partial charge on any atom is 0.339 e. The largest absolute Gasteiger partial charge is 0.478 e. The first-order valence-corrected chi connectivity index (χ1v) is 6.40. The van der Waals surface area contributed by atoms with Crippen molar-refractivity contribution in [2.45, 2.75) is 19.9 Å². The van der Waals surface area contributed by atoms with E-state index >= 15 is 0 Å². The molecule has 2 rings (SSSR count). The van der Waals surface area contributed by atoms with E-state index in [1.165, 1.54) is 13.0 Å². The molecule has 0 fully saturated rings. The molecule has 0 radical (unpaired) electrons. The van der Waals surface area contributed by atoms with E-state index in [0.29, 0.717) is 0 Å². The second-order valence-corrected chi connectivity index (χ2v) is 4.68. The Balaban J connectivity index is 1.97. The van der Waals surface area contributed by atoms with Crippen LogP contribution in [0.25, 0.3) is 0 Å². The number of benzene rings is 1. The summed E-state index contributed by atoms with van der Waals surface area (Å²) in [6.07, 6.45) is -0.324. The van der Waals surface area contributed by atoms with Gasteiger partial charge in [-0.15, -0.1) is 0 Å². The van der Waals surface area contributed by atoms with Crippen molar-refractivity contribution in [1.29, 1.82) is 0 Å². The van der Waals surface area contributed by atoms with Gasteiger partial charge in [0.15, 0.2) is 0 Å². The second kappa shape index (κ2) is 6.38. The van der Waals surface area contributed by atoms with Crippen molar-refractivity contribution in [2.75, 3.05) is 0 Å². The molecular formula is C15H13F2NO4. The third-order valence-electron chi connectivity index (χ3n) is 3.02. The molecule has 2 N–H and O–H groups in total. The van der Waals surface area contributed by atoms with Crippen molar-refractivity contribution >= 4 is 11.9 Å². The van der Waals surface area contributed by atoms with E-state index in [9.17, 15) is 18.4 Å². The van der Waals surface area contributed by atoms with E-state index < -0.39 is 23.5 Å². The van der Waals surface area contributed by atoms with Crippen LogP contribution in [-0.2, 0) is 17.8 Å². The molecule has 0 saturated carbocycles. The first kappa shape index (κ1) is 15.7. The van der Waals surface area contributed by atoms with Crippen molar-refractivity contribution in [1.82, 2.24) is 5.32 Å². The lowest BCUT2D eigenvalue weighted by molar-refractivity contribution is -0.120. The number of hydrogen-bond donors (Lipinski definition) is 2. The van der Waals surface area contributed by atoms with Crippen LogP contribution in [0.2, 0.25) is 0 Å². The lowest BCUT2D eigenvalue weighted by Crippen LogP contribution is -2.24. The molecule has 0 unspecified atom stereocenters. The van der Waals surface area contributed by atoms with Gasteiger partial charge in [-0.2, -0.15) is 0 Å². The van der Waals surface area contributed by atoms with Gasteiger partial charge >= 0.3 is 5.97 Å². The first-order valence-electron chi connectivity index (χ1n) is 6.40. The van der Waals surface area contributed by atoms with Crippen LogP contribution in [0.3, 0.4) is 0 Å². The highest BCUT2D eigenvalue weighted by atomic mass is 19.1. The number of nitrogens with one attached hydrogen (secondary N) is 1. The lowest BCUT2D eigenvalue weighted by atomic mass is 10.1. The second-order valence-electron chi connectivity index (χ2n) is 4.68. The zero-order chi connectivity index (χ0) is 16.3. The molecule has 1 aromatic heterocycles. The molecule has 0 bridgehead atoms. The lowest BCUT2D eigenvalue weighted by Gasteiger charge is -2.05. The van der Waals surface area contributed by atoms with E-state index in [0.717, 1.165) is 18.2 Å². The van der Waals surface area contributed by atoms with Gasteiger partial charge in [0.25, 0.3) is 0 Å². The predicted molar refractivity (Wildman–Crippen MR) is 72.3 cm³/mol. The molecule has 22 heavy (non-hydrogen) atoms. The summed E-state index contributed by atoms with van der Waals surface area (Å²) < 4.78 is 31.6. The summed E-state index contributed by atoms with van der Waals surface area (Å²) in [5.74, 6) is -2.46. The maximum atomic E-state index is 13.4. The highest BCUT2D eigenvalue weighted by Gasteiger charge is 2.15. The topological polar surface area (TPSA) is 79.5 Å². The van der Waals surface area contributed by atoms with E-state index in [-0.39, 0.29) is 35.6 Å². The predicted octanol–water partition coefficient (Wildman–Crippen LogP) is 2.42. The van der Waals surface area contributed by atoms with Crippen LogP contribution in [-0.4, -0.2) is 17.0 Å². The molecule has 1 heterocycles. The van der Waals surface area contributed by atoms with Crippen LogP contribution < -0.4 is 5.32 Å². The molecule has 0 aliphatic rings. The Labute approximate surface area is 124 Å². The third-order valence-corrected chi connectivity index (χ3v) is 3.02. The summed E-state index contributed by atoms with van der Waals surface area (Å²) in [6, 6.07) is 4.18. The number of aromatic carboxylic acids is 1. The molecule has 0 spiro atoms. The van der Waals surface area contributed by atoms with Gasteiger partial charge in [0.1, 0.15) is 28.7 Å². The number of carboxylic acid groups (broad SMARTS) is 1. The molecule has 116 valence electrons. The van der Waals surface area contributed by atoms with Crippen LogP contribution in [0.15, 0.2) is 28.7 Å². The summed E-state index contributed by atoms with van der Waals surface area (Å²) in [5, 5.41) is 11.3. The average molecular weight is 309 g/mol. The standard InChI is InChI=1S/C15H13F2NO4/c1-8-12(15(20)21)6-11(22-8)7-18-14(19)5-9-4-10(16)2-3-13(9)17/h2-4,6H,5,7H2,1H3,(H,18,19)(H,20,21). The normalized spacial score (nSPS) is 10.5. The summed E-state index contributed by atoms with van der Waals surface area (Å²) >= 11 is 0. The fraction of sp³-hybridized carbons (Fsp3) is 0.200. The van der Waals surface area contributed by atoms with E-state index in [1.807, 2.05) is 0 Å². The smallest absolute Gasteiger partial charge is 0.339 e. The minimum Gasteiger partial charge on any atom is -0.478 e. The summed E-state index contributed by atoms with van der Waals surface area (Å²) in [5.41, 5.74) is -0.0419. The minimum atomic E-state index is -1.12. The van der Waals surface area contributed by atoms with Gasteiger partial charge < -0.3 is 14.8 Å². The molecule has 0 aliphatic heterocycles. The zero-order valence-corrected chi connectivity index (χ0v) is 11.7. The van der Waals surface area contributed by atoms with Crippen molar-refractivity contribution in [2.24, 2.45) is 0 Å². The fourth-order valence-electron chi connectivity index (χ4n) is 1.94. The van der Waals surface area contributed by atoms with E-state index in [4.69, 9.17) is 9.52 Å². The SMILES string of the molecule is Cc1oc(CNC(=O)Cc2cc(F)ccc2F)cc1C(=O)O. The number of amides is 1. The highest BCUT2D eigenvalue weighted by Crippen LogP contribution is 2.15. The molecule has 1 amide bonds. The van der Waals surface area contributed by atoms with Gasteiger partial charge in [0.2, 0.25) is 5.91 Å². The molecule has 7 heteroatoms. The summed E-state index contributed by atoms with van der Waals surface area (Å²) in [6.45, 7) is 1.46. The average Bonchev–Trinajstić information content (AvgIpc) is 2.82. The Kier molecular flexibility index (Phi) is 4.55. The van der Waals surface area contributed by atoms with Gasteiger partial charge in [-0.25, -0.2) is 13.6 Å². The van der Waals surface area contributed by atoms with Gasteiger partial charge in [-0.3, -0.25) is 4.79 Å². The molecule has 0 saturated heterocycles. The Morgan fingerprint density at radius 3 is 2.64 bits per heavy atom. The van der Waals surface area contributed by atoms with Gasteiger partial charge in [-0.05, 0) is 31.2 Å². The molecule has 5 nitrogen and oxygen atoms in total. The number of aryl methyl sites for hydroxylation is 1. The first-order chi connectivity index (χ1) is 10.4. The maximum absolute atomic E-state index is 13.4. The van der Waals surface area contributed by atoms with Crippen LogP contribution in [0.5, 0.6) is 0 Å². The molecule has 1 aromatic carbocycles.